The molecule has 2 aliphatic rings. The molecular formula is C21H32N4O2. The molecule has 2 fully saturated rings. The number of piperidine rings is 1. The van der Waals surface area contributed by atoms with Crippen molar-refractivity contribution in [1.82, 2.24) is 14.7 Å². The lowest BCUT2D eigenvalue weighted by atomic mass is 10.1. The van der Waals surface area contributed by atoms with Gasteiger partial charge in [0.05, 0.1) is 0 Å². The number of carbonyl (C=O) groups excluding carboxylic acids is 2. The van der Waals surface area contributed by atoms with Crippen molar-refractivity contribution in [1.29, 1.82) is 0 Å². The predicted molar refractivity (Wildman–Crippen MR) is 108 cm³/mol. The van der Waals surface area contributed by atoms with E-state index in [2.05, 4.69) is 4.90 Å². The van der Waals surface area contributed by atoms with Crippen LogP contribution in [-0.4, -0.2) is 86.4 Å². The number of nitrogens with zero attached hydrogens (tertiary/aromatic N) is 4. The maximum atomic E-state index is 12.8. The van der Waals surface area contributed by atoms with E-state index >= 15 is 0 Å². The molecule has 6 heteroatoms. The highest BCUT2D eigenvalue weighted by atomic mass is 16.2. The average Bonchev–Trinajstić information content (AvgIpc) is 2.72. The van der Waals surface area contributed by atoms with Crippen molar-refractivity contribution in [3.63, 3.8) is 0 Å². The summed E-state index contributed by atoms with van der Waals surface area (Å²) in [6, 6.07) is 7.78. The van der Waals surface area contributed by atoms with Crippen molar-refractivity contribution in [3.05, 3.63) is 29.8 Å². The number of likely N-dealkylation sites (tertiary alicyclic amines) is 1. The highest BCUT2D eigenvalue weighted by Crippen LogP contribution is 2.16. The second kappa shape index (κ2) is 9.22. The zero-order valence-electron chi connectivity index (χ0n) is 16.7. The Morgan fingerprint density at radius 1 is 0.926 bits per heavy atom. The third-order valence-corrected chi connectivity index (χ3v) is 5.62. The molecule has 0 saturated carbocycles. The number of hydrogen-bond acceptors (Lipinski definition) is 4. The largest absolute Gasteiger partial charge is 0.378 e. The Kier molecular flexibility index (Phi) is 6.72. The first-order chi connectivity index (χ1) is 13.0. The van der Waals surface area contributed by atoms with E-state index < -0.39 is 0 Å². The van der Waals surface area contributed by atoms with Crippen LogP contribution in [-0.2, 0) is 4.79 Å². The lowest BCUT2D eigenvalue weighted by Crippen LogP contribution is -2.49. The van der Waals surface area contributed by atoms with Crippen LogP contribution in [0.15, 0.2) is 24.3 Å². The standard InChI is InChI=1S/C21H32N4O2/c1-22(2)19-8-6-7-18(17-19)21(27)25-15-13-23(14-16-25)12-9-20(26)24-10-4-3-5-11-24/h6-8,17H,3-5,9-16H2,1-2H3. The van der Waals surface area contributed by atoms with E-state index in [9.17, 15) is 9.59 Å². The summed E-state index contributed by atoms with van der Waals surface area (Å²) >= 11 is 0. The highest BCUT2D eigenvalue weighted by Gasteiger charge is 2.23. The van der Waals surface area contributed by atoms with E-state index in [1.165, 1.54) is 6.42 Å². The molecule has 3 rings (SSSR count). The normalized spacial score (nSPS) is 18.4. The summed E-state index contributed by atoms with van der Waals surface area (Å²) in [6.45, 7) is 5.78. The lowest BCUT2D eigenvalue weighted by Gasteiger charge is -2.35. The number of carbonyl (C=O) groups is 2. The van der Waals surface area contributed by atoms with Gasteiger partial charge in [-0.15, -0.1) is 0 Å². The summed E-state index contributed by atoms with van der Waals surface area (Å²) in [5.74, 6) is 0.386. The van der Waals surface area contributed by atoms with Crippen LogP contribution in [0.5, 0.6) is 0 Å². The Hall–Kier alpha value is -2.08. The Morgan fingerprint density at radius 2 is 1.63 bits per heavy atom. The van der Waals surface area contributed by atoms with Gasteiger partial charge in [-0.2, -0.15) is 0 Å². The van der Waals surface area contributed by atoms with E-state index in [0.29, 0.717) is 6.42 Å². The maximum absolute atomic E-state index is 12.8. The van der Waals surface area contributed by atoms with Gasteiger partial charge in [0.25, 0.3) is 5.91 Å². The molecular weight excluding hydrogens is 340 g/mol. The van der Waals surface area contributed by atoms with Crippen LogP contribution in [0.1, 0.15) is 36.0 Å². The van der Waals surface area contributed by atoms with Gasteiger partial charge in [-0.3, -0.25) is 14.5 Å². The minimum absolute atomic E-state index is 0.0998. The molecule has 0 unspecified atom stereocenters. The van der Waals surface area contributed by atoms with Crippen LogP contribution in [0.2, 0.25) is 0 Å². The first-order valence-electron chi connectivity index (χ1n) is 10.1. The summed E-state index contributed by atoms with van der Waals surface area (Å²) in [5, 5.41) is 0. The van der Waals surface area contributed by atoms with Gasteiger partial charge in [0, 0.05) is 77.6 Å². The second-order valence-electron chi connectivity index (χ2n) is 7.77. The van der Waals surface area contributed by atoms with Crippen LogP contribution in [0.4, 0.5) is 5.69 Å². The summed E-state index contributed by atoms with van der Waals surface area (Å²) in [5.41, 5.74) is 1.78. The number of benzene rings is 1. The molecule has 2 aliphatic heterocycles. The van der Waals surface area contributed by atoms with Crippen molar-refractivity contribution in [2.75, 3.05) is 64.8 Å². The highest BCUT2D eigenvalue weighted by molar-refractivity contribution is 5.95. The number of anilines is 1. The fourth-order valence-corrected chi connectivity index (χ4v) is 3.83. The number of hydrogen-bond donors (Lipinski definition) is 0. The predicted octanol–water partition coefficient (Wildman–Crippen LogP) is 1.91. The molecule has 2 heterocycles. The second-order valence-corrected chi connectivity index (χ2v) is 7.77. The fourth-order valence-electron chi connectivity index (χ4n) is 3.83. The van der Waals surface area contributed by atoms with Crippen LogP contribution < -0.4 is 4.90 Å². The smallest absolute Gasteiger partial charge is 0.254 e. The molecule has 0 radical (unpaired) electrons. The Labute approximate surface area is 162 Å². The Balaban J connectivity index is 1.45. The molecule has 0 atom stereocenters. The zero-order chi connectivity index (χ0) is 19.2. The average molecular weight is 373 g/mol. The van der Waals surface area contributed by atoms with Crippen molar-refractivity contribution >= 4 is 17.5 Å². The summed E-state index contributed by atoms with van der Waals surface area (Å²) in [6.07, 6.45) is 4.12. The first-order valence-corrected chi connectivity index (χ1v) is 10.1. The van der Waals surface area contributed by atoms with Gasteiger partial charge in [0.2, 0.25) is 5.91 Å². The number of piperazine rings is 1. The molecule has 0 N–H and O–H groups in total. The van der Waals surface area contributed by atoms with Crippen molar-refractivity contribution in [2.24, 2.45) is 0 Å². The molecule has 1 aromatic rings. The van der Waals surface area contributed by atoms with E-state index in [4.69, 9.17) is 0 Å². The van der Waals surface area contributed by atoms with Gasteiger partial charge in [0.15, 0.2) is 0 Å². The molecule has 2 saturated heterocycles. The van der Waals surface area contributed by atoms with E-state index in [0.717, 1.165) is 69.9 Å². The minimum Gasteiger partial charge on any atom is -0.378 e. The molecule has 2 amide bonds. The van der Waals surface area contributed by atoms with Crippen molar-refractivity contribution in [2.45, 2.75) is 25.7 Å². The van der Waals surface area contributed by atoms with Crippen LogP contribution >= 0.6 is 0 Å². The first kappa shape index (κ1) is 19.7. The van der Waals surface area contributed by atoms with Gasteiger partial charge in [0.1, 0.15) is 0 Å². The quantitative estimate of drug-likeness (QED) is 0.792. The monoisotopic (exact) mass is 372 g/mol. The van der Waals surface area contributed by atoms with Gasteiger partial charge in [-0.25, -0.2) is 0 Å². The van der Waals surface area contributed by atoms with E-state index in [-0.39, 0.29) is 11.8 Å². The fraction of sp³-hybridized carbons (Fsp3) is 0.619. The molecule has 1 aromatic carbocycles. The van der Waals surface area contributed by atoms with Crippen molar-refractivity contribution in [3.8, 4) is 0 Å². The summed E-state index contributed by atoms with van der Waals surface area (Å²) in [7, 11) is 3.96. The molecule has 27 heavy (non-hydrogen) atoms. The topological polar surface area (TPSA) is 47.1 Å². The third kappa shape index (κ3) is 5.22. The third-order valence-electron chi connectivity index (χ3n) is 5.62. The van der Waals surface area contributed by atoms with Gasteiger partial charge in [-0.05, 0) is 37.5 Å². The van der Waals surface area contributed by atoms with Crippen LogP contribution in [0.25, 0.3) is 0 Å². The van der Waals surface area contributed by atoms with E-state index in [1.807, 2.05) is 53.1 Å². The van der Waals surface area contributed by atoms with Crippen LogP contribution in [0.3, 0.4) is 0 Å². The molecule has 0 bridgehead atoms. The number of rotatable bonds is 5. The number of amides is 2. The van der Waals surface area contributed by atoms with Crippen LogP contribution in [0, 0.1) is 0 Å². The zero-order valence-corrected chi connectivity index (χ0v) is 16.7. The SMILES string of the molecule is CN(C)c1cccc(C(=O)N2CCN(CCC(=O)N3CCCCC3)CC2)c1. The van der Waals surface area contributed by atoms with Gasteiger partial charge in [-0.1, -0.05) is 6.07 Å². The Morgan fingerprint density at radius 3 is 2.30 bits per heavy atom. The van der Waals surface area contributed by atoms with E-state index in [1.54, 1.807) is 0 Å². The lowest BCUT2D eigenvalue weighted by molar-refractivity contribution is -0.132. The van der Waals surface area contributed by atoms with Gasteiger partial charge < -0.3 is 14.7 Å². The molecule has 6 nitrogen and oxygen atoms in total. The summed E-state index contributed by atoms with van der Waals surface area (Å²) < 4.78 is 0. The Bertz CT molecular complexity index is 647. The molecule has 0 aromatic heterocycles. The maximum Gasteiger partial charge on any atom is 0.254 e. The molecule has 0 aliphatic carbocycles. The minimum atomic E-state index is 0.0998. The molecule has 0 spiro atoms. The van der Waals surface area contributed by atoms with Gasteiger partial charge >= 0.3 is 0 Å². The van der Waals surface area contributed by atoms with Crippen molar-refractivity contribution < 1.29 is 9.59 Å². The summed E-state index contributed by atoms with van der Waals surface area (Å²) in [4.78, 5) is 33.4. The molecule has 148 valence electrons.